The zero-order valence-corrected chi connectivity index (χ0v) is 11.9. The van der Waals surface area contributed by atoms with Gasteiger partial charge >= 0.3 is 0 Å². The Kier molecular flexibility index (Phi) is 4.72. The summed E-state index contributed by atoms with van der Waals surface area (Å²) >= 11 is 1.57. The molecule has 0 aliphatic carbocycles. The summed E-state index contributed by atoms with van der Waals surface area (Å²) in [7, 11) is 0. The van der Waals surface area contributed by atoms with Crippen molar-refractivity contribution < 1.29 is 4.79 Å². The number of rotatable bonds is 5. The summed E-state index contributed by atoms with van der Waals surface area (Å²) in [5.74, 6) is 0.0834. The molecule has 1 aromatic rings. The van der Waals surface area contributed by atoms with Crippen LogP contribution in [0.2, 0.25) is 0 Å². The van der Waals surface area contributed by atoms with Crippen molar-refractivity contribution in [3.63, 3.8) is 0 Å². The van der Waals surface area contributed by atoms with E-state index in [1.165, 1.54) is 17.7 Å². The number of amides is 1. The number of aryl methyl sites for hydroxylation is 2. The average Bonchev–Trinajstić information content (AvgIpc) is 2.96. The molecule has 1 aliphatic rings. The van der Waals surface area contributed by atoms with Gasteiger partial charge in [0.05, 0.1) is 5.69 Å². The molecule has 0 saturated carbocycles. The Balaban J connectivity index is 1.79. The van der Waals surface area contributed by atoms with Gasteiger partial charge in [-0.1, -0.05) is 6.92 Å². The highest BCUT2D eigenvalue weighted by Gasteiger charge is 2.16. The summed E-state index contributed by atoms with van der Waals surface area (Å²) in [6.45, 7) is 5.23. The molecule has 1 aromatic heterocycles. The van der Waals surface area contributed by atoms with Gasteiger partial charge < -0.3 is 10.6 Å². The summed E-state index contributed by atoms with van der Waals surface area (Å²) < 4.78 is 0. The van der Waals surface area contributed by atoms with Crippen molar-refractivity contribution in [2.45, 2.75) is 52.0 Å². The molecule has 1 saturated heterocycles. The molecule has 0 bridgehead atoms. The van der Waals surface area contributed by atoms with Crippen molar-refractivity contribution in [1.29, 1.82) is 0 Å². The lowest BCUT2D eigenvalue weighted by Crippen LogP contribution is -2.23. The molecule has 2 heterocycles. The van der Waals surface area contributed by atoms with E-state index in [2.05, 4.69) is 29.5 Å². The van der Waals surface area contributed by atoms with Gasteiger partial charge in [0, 0.05) is 17.3 Å². The fourth-order valence-electron chi connectivity index (χ4n) is 2.30. The molecule has 0 radical (unpaired) electrons. The average molecular weight is 267 g/mol. The van der Waals surface area contributed by atoms with Crippen LogP contribution >= 0.6 is 11.3 Å². The summed E-state index contributed by atoms with van der Waals surface area (Å²) in [6, 6.07) is 0.528. The number of thiazole rings is 1. The lowest BCUT2D eigenvalue weighted by Gasteiger charge is -2.08. The van der Waals surface area contributed by atoms with E-state index < -0.39 is 0 Å². The topological polar surface area (TPSA) is 54.0 Å². The summed E-state index contributed by atoms with van der Waals surface area (Å²) in [4.78, 5) is 17.4. The van der Waals surface area contributed by atoms with Crippen molar-refractivity contribution in [1.82, 2.24) is 10.3 Å². The predicted molar refractivity (Wildman–Crippen MR) is 75.1 cm³/mol. The number of carbonyl (C=O) groups excluding carboxylic acids is 1. The predicted octanol–water partition coefficient (Wildman–Crippen LogP) is 2.48. The number of hydrogen-bond acceptors (Lipinski definition) is 4. The van der Waals surface area contributed by atoms with Crippen LogP contribution in [-0.4, -0.2) is 23.5 Å². The molecule has 1 fully saturated rings. The van der Waals surface area contributed by atoms with Crippen LogP contribution in [0.4, 0.5) is 5.13 Å². The molecule has 18 heavy (non-hydrogen) atoms. The van der Waals surface area contributed by atoms with Gasteiger partial charge in [0.25, 0.3) is 0 Å². The second-order valence-electron chi connectivity index (χ2n) is 4.76. The third kappa shape index (κ3) is 3.53. The van der Waals surface area contributed by atoms with Crippen LogP contribution in [0, 0.1) is 6.92 Å². The Morgan fingerprint density at radius 1 is 1.61 bits per heavy atom. The molecular weight excluding hydrogens is 246 g/mol. The van der Waals surface area contributed by atoms with E-state index in [9.17, 15) is 4.79 Å². The molecule has 2 N–H and O–H groups in total. The van der Waals surface area contributed by atoms with E-state index in [0.29, 0.717) is 12.5 Å². The number of hydrogen-bond donors (Lipinski definition) is 2. The third-order valence-electron chi connectivity index (χ3n) is 3.36. The maximum absolute atomic E-state index is 11.8. The maximum Gasteiger partial charge on any atom is 0.226 e. The summed E-state index contributed by atoms with van der Waals surface area (Å²) in [5.41, 5.74) is 1.09. The monoisotopic (exact) mass is 267 g/mol. The van der Waals surface area contributed by atoms with Crippen LogP contribution in [0.1, 0.15) is 43.2 Å². The zero-order chi connectivity index (χ0) is 13.0. The van der Waals surface area contributed by atoms with Gasteiger partial charge in [0.1, 0.15) is 0 Å². The Labute approximate surface area is 112 Å². The van der Waals surface area contributed by atoms with Crippen LogP contribution < -0.4 is 10.6 Å². The first kappa shape index (κ1) is 13.5. The molecule has 100 valence electrons. The SMILES string of the molecule is CCc1nc(NC(=O)CCC2CCCN2)sc1C. The molecule has 1 atom stereocenters. The first-order valence-electron chi connectivity index (χ1n) is 6.68. The first-order valence-corrected chi connectivity index (χ1v) is 7.50. The molecule has 0 aromatic carbocycles. The Hall–Kier alpha value is -0.940. The molecule has 1 aliphatic heterocycles. The van der Waals surface area contributed by atoms with Crippen molar-refractivity contribution in [2.75, 3.05) is 11.9 Å². The Morgan fingerprint density at radius 2 is 2.44 bits per heavy atom. The van der Waals surface area contributed by atoms with Crippen LogP contribution in [0.3, 0.4) is 0 Å². The van der Waals surface area contributed by atoms with E-state index in [1.807, 2.05) is 0 Å². The molecule has 1 amide bonds. The number of carbonyl (C=O) groups is 1. The molecule has 1 unspecified atom stereocenters. The smallest absolute Gasteiger partial charge is 0.226 e. The number of nitrogens with one attached hydrogen (secondary N) is 2. The largest absolute Gasteiger partial charge is 0.314 e. The summed E-state index contributed by atoms with van der Waals surface area (Å²) in [5, 5.41) is 7.05. The Bertz CT molecular complexity index is 410. The summed E-state index contributed by atoms with van der Waals surface area (Å²) in [6.07, 6.45) is 4.86. The van der Waals surface area contributed by atoms with Crippen molar-refractivity contribution in [3.05, 3.63) is 10.6 Å². The van der Waals surface area contributed by atoms with Crippen molar-refractivity contribution in [2.24, 2.45) is 0 Å². The second kappa shape index (κ2) is 6.29. The molecule has 0 spiro atoms. The van der Waals surface area contributed by atoms with Crippen LogP contribution in [0.5, 0.6) is 0 Å². The molecule has 2 rings (SSSR count). The minimum absolute atomic E-state index is 0.0834. The van der Waals surface area contributed by atoms with E-state index in [1.54, 1.807) is 11.3 Å². The van der Waals surface area contributed by atoms with Crippen LogP contribution in [0.25, 0.3) is 0 Å². The van der Waals surface area contributed by atoms with Gasteiger partial charge in [0.2, 0.25) is 5.91 Å². The quantitative estimate of drug-likeness (QED) is 0.861. The molecule has 4 nitrogen and oxygen atoms in total. The second-order valence-corrected chi connectivity index (χ2v) is 5.96. The maximum atomic E-state index is 11.8. The van der Waals surface area contributed by atoms with Gasteiger partial charge in [-0.05, 0) is 39.2 Å². The van der Waals surface area contributed by atoms with Crippen molar-refractivity contribution in [3.8, 4) is 0 Å². The van der Waals surface area contributed by atoms with E-state index in [4.69, 9.17) is 0 Å². The minimum atomic E-state index is 0.0834. The number of aromatic nitrogens is 1. The minimum Gasteiger partial charge on any atom is -0.314 e. The van der Waals surface area contributed by atoms with Crippen LogP contribution in [-0.2, 0) is 11.2 Å². The van der Waals surface area contributed by atoms with Crippen molar-refractivity contribution >= 4 is 22.4 Å². The van der Waals surface area contributed by atoms with E-state index in [0.717, 1.165) is 30.2 Å². The van der Waals surface area contributed by atoms with Gasteiger partial charge in [-0.25, -0.2) is 4.98 Å². The standard InChI is InChI=1S/C13H21N3OS/c1-3-11-9(2)18-13(15-11)16-12(17)7-6-10-5-4-8-14-10/h10,14H,3-8H2,1-2H3,(H,15,16,17). The van der Waals surface area contributed by atoms with Gasteiger partial charge in [-0.2, -0.15) is 0 Å². The van der Waals surface area contributed by atoms with Crippen LogP contribution in [0.15, 0.2) is 0 Å². The van der Waals surface area contributed by atoms with Gasteiger partial charge in [-0.3, -0.25) is 4.79 Å². The highest BCUT2D eigenvalue weighted by atomic mass is 32.1. The van der Waals surface area contributed by atoms with Gasteiger partial charge in [0.15, 0.2) is 5.13 Å². The Morgan fingerprint density at radius 3 is 3.06 bits per heavy atom. The van der Waals surface area contributed by atoms with E-state index >= 15 is 0 Å². The lowest BCUT2D eigenvalue weighted by molar-refractivity contribution is -0.116. The van der Waals surface area contributed by atoms with Gasteiger partial charge in [-0.15, -0.1) is 11.3 Å². The number of anilines is 1. The van der Waals surface area contributed by atoms with E-state index in [-0.39, 0.29) is 5.91 Å². The first-order chi connectivity index (χ1) is 8.69. The highest BCUT2D eigenvalue weighted by Crippen LogP contribution is 2.22. The fraction of sp³-hybridized carbons (Fsp3) is 0.692. The molecule has 5 heteroatoms. The highest BCUT2D eigenvalue weighted by molar-refractivity contribution is 7.15. The zero-order valence-electron chi connectivity index (χ0n) is 11.1. The molecular formula is C13H21N3OS. The normalized spacial score (nSPS) is 19.1. The third-order valence-corrected chi connectivity index (χ3v) is 4.28. The lowest BCUT2D eigenvalue weighted by atomic mass is 10.1. The fourth-order valence-corrected chi connectivity index (χ4v) is 3.22. The number of nitrogens with zero attached hydrogens (tertiary/aromatic N) is 1.